The molecule has 0 fully saturated rings. The molecule has 3 heteroatoms. The smallest absolute Gasteiger partial charge is 0.225 e. The quantitative estimate of drug-likeness (QED) is 0.828. The largest absolute Gasteiger partial charge is 0.354 e. The fraction of sp³-hybridized carbons (Fsp3) is 0.562. The van der Waals surface area contributed by atoms with Crippen molar-refractivity contribution in [1.29, 1.82) is 0 Å². The number of carbonyl (C=O) groups excluding carboxylic acids is 1. The summed E-state index contributed by atoms with van der Waals surface area (Å²) in [5, 5.41) is 2.96. The average Bonchev–Trinajstić information content (AvgIpc) is 2.35. The topological polar surface area (TPSA) is 55.1 Å². The van der Waals surface area contributed by atoms with E-state index in [0.717, 1.165) is 12.0 Å². The van der Waals surface area contributed by atoms with Crippen molar-refractivity contribution >= 4 is 5.91 Å². The summed E-state index contributed by atoms with van der Waals surface area (Å²) in [6.45, 7) is 8.70. The van der Waals surface area contributed by atoms with E-state index >= 15 is 0 Å². The summed E-state index contributed by atoms with van der Waals surface area (Å²) in [5.41, 5.74) is 6.78. The van der Waals surface area contributed by atoms with Crippen molar-refractivity contribution in [2.75, 3.05) is 6.54 Å². The molecule has 0 spiro atoms. The van der Waals surface area contributed by atoms with Gasteiger partial charge in [-0.05, 0) is 17.9 Å². The van der Waals surface area contributed by atoms with Crippen LogP contribution in [-0.4, -0.2) is 12.5 Å². The second-order valence-electron chi connectivity index (χ2n) is 6.21. The van der Waals surface area contributed by atoms with Crippen LogP contribution in [0.15, 0.2) is 30.3 Å². The molecule has 1 rings (SSSR count). The first-order valence-corrected chi connectivity index (χ1v) is 6.92. The molecular formula is C16H26N2O. The van der Waals surface area contributed by atoms with Crippen molar-refractivity contribution in [2.24, 2.45) is 17.1 Å². The second-order valence-corrected chi connectivity index (χ2v) is 6.21. The number of amides is 1. The lowest BCUT2D eigenvalue weighted by molar-refractivity contribution is -0.130. The van der Waals surface area contributed by atoms with Crippen LogP contribution in [0.3, 0.4) is 0 Å². The van der Waals surface area contributed by atoms with Crippen LogP contribution in [0.4, 0.5) is 0 Å². The first-order valence-electron chi connectivity index (χ1n) is 6.92. The Bertz CT molecular complexity index is 398. The zero-order valence-electron chi connectivity index (χ0n) is 12.4. The van der Waals surface area contributed by atoms with E-state index in [2.05, 4.69) is 19.2 Å². The number of nitrogens with two attached hydrogens (primary N) is 1. The fourth-order valence-corrected chi connectivity index (χ4v) is 2.37. The van der Waals surface area contributed by atoms with E-state index in [9.17, 15) is 4.79 Å². The molecule has 1 atom stereocenters. The van der Waals surface area contributed by atoms with Crippen LogP contribution >= 0.6 is 0 Å². The normalized spacial score (nSPS) is 13.4. The van der Waals surface area contributed by atoms with Crippen LogP contribution in [0.25, 0.3) is 0 Å². The van der Waals surface area contributed by atoms with Crippen molar-refractivity contribution in [1.82, 2.24) is 5.32 Å². The predicted molar refractivity (Wildman–Crippen MR) is 79.6 cm³/mol. The van der Waals surface area contributed by atoms with E-state index in [1.54, 1.807) is 0 Å². The monoisotopic (exact) mass is 262 g/mol. The van der Waals surface area contributed by atoms with Crippen molar-refractivity contribution in [2.45, 2.75) is 40.2 Å². The van der Waals surface area contributed by atoms with E-state index in [4.69, 9.17) is 5.73 Å². The van der Waals surface area contributed by atoms with Crippen LogP contribution in [0.2, 0.25) is 0 Å². The lowest BCUT2D eigenvalue weighted by atomic mass is 9.83. The highest BCUT2D eigenvalue weighted by atomic mass is 16.2. The van der Waals surface area contributed by atoms with Crippen molar-refractivity contribution in [3.8, 4) is 0 Å². The van der Waals surface area contributed by atoms with Crippen LogP contribution < -0.4 is 11.1 Å². The second kappa shape index (κ2) is 6.71. The molecule has 0 aliphatic heterocycles. The van der Waals surface area contributed by atoms with E-state index in [1.165, 1.54) is 0 Å². The maximum atomic E-state index is 12.2. The van der Waals surface area contributed by atoms with Gasteiger partial charge in [0.1, 0.15) is 0 Å². The SMILES string of the molecule is CC(C)CC(C)(C)C(=O)NCC(N)c1ccccc1. The summed E-state index contributed by atoms with van der Waals surface area (Å²) in [4.78, 5) is 12.2. The first kappa shape index (κ1) is 15.7. The minimum absolute atomic E-state index is 0.0765. The minimum Gasteiger partial charge on any atom is -0.354 e. The molecule has 0 aliphatic rings. The molecule has 0 saturated carbocycles. The lowest BCUT2D eigenvalue weighted by Gasteiger charge is -2.26. The average molecular weight is 262 g/mol. The van der Waals surface area contributed by atoms with Gasteiger partial charge in [-0.1, -0.05) is 58.0 Å². The number of carbonyl (C=O) groups is 1. The molecule has 19 heavy (non-hydrogen) atoms. The Morgan fingerprint density at radius 3 is 2.37 bits per heavy atom. The molecule has 1 unspecified atom stereocenters. The van der Waals surface area contributed by atoms with Gasteiger partial charge in [0.05, 0.1) is 0 Å². The maximum absolute atomic E-state index is 12.2. The molecule has 0 aliphatic carbocycles. The molecule has 0 radical (unpaired) electrons. The maximum Gasteiger partial charge on any atom is 0.225 e. The molecule has 1 aromatic rings. The molecule has 3 N–H and O–H groups in total. The molecule has 0 bridgehead atoms. The molecule has 1 amide bonds. The van der Waals surface area contributed by atoms with E-state index < -0.39 is 0 Å². The number of rotatable bonds is 6. The van der Waals surface area contributed by atoms with E-state index in [1.807, 2.05) is 44.2 Å². The highest BCUT2D eigenvalue weighted by Gasteiger charge is 2.28. The number of nitrogens with one attached hydrogen (secondary N) is 1. The predicted octanol–water partition coefficient (Wildman–Crippen LogP) is 2.87. The van der Waals surface area contributed by atoms with Gasteiger partial charge >= 0.3 is 0 Å². The molecular weight excluding hydrogens is 236 g/mol. The van der Waals surface area contributed by atoms with Crippen LogP contribution in [-0.2, 0) is 4.79 Å². The van der Waals surface area contributed by atoms with Crippen molar-refractivity contribution in [3.05, 3.63) is 35.9 Å². The Morgan fingerprint density at radius 2 is 1.84 bits per heavy atom. The summed E-state index contributed by atoms with van der Waals surface area (Å²) in [6.07, 6.45) is 0.874. The van der Waals surface area contributed by atoms with Gasteiger partial charge < -0.3 is 11.1 Å². The number of hydrogen-bond donors (Lipinski definition) is 2. The molecule has 0 aromatic heterocycles. The summed E-state index contributed by atoms with van der Waals surface area (Å²) in [5.74, 6) is 0.580. The van der Waals surface area contributed by atoms with Crippen LogP contribution in [0, 0.1) is 11.3 Å². The highest BCUT2D eigenvalue weighted by molar-refractivity contribution is 5.81. The summed E-state index contributed by atoms with van der Waals surface area (Å²) < 4.78 is 0. The Kier molecular flexibility index (Phi) is 5.55. The van der Waals surface area contributed by atoms with Gasteiger partial charge in [0.15, 0.2) is 0 Å². The Hall–Kier alpha value is -1.35. The zero-order valence-corrected chi connectivity index (χ0v) is 12.4. The van der Waals surface area contributed by atoms with Gasteiger partial charge in [0.25, 0.3) is 0 Å². The molecule has 0 heterocycles. The summed E-state index contributed by atoms with van der Waals surface area (Å²) >= 11 is 0. The van der Waals surface area contributed by atoms with Gasteiger partial charge in [-0.25, -0.2) is 0 Å². The highest BCUT2D eigenvalue weighted by Crippen LogP contribution is 2.25. The molecule has 106 valence electrons. The lowest BCUT2D eigenvalue weighted by Crippen LogP contribution is -2.41. The van der Waals surface area contributed by atoms with Crippen molar-refractivity contribution < 1.29 is 4.79 Å². The van der Waals surface area contributed by atoms with Gasteiger partial charge in [0, 0.05) is 18.0 Å². The van der Waals surface area contributed by atoms with Crippen LogP contribution in [0.1, 0.15) is 45.7 Å². The van der Waals surface area contributed by atoms with E-state index in [0.29, 0.717) is 12.5 Å². The minimum atomic E-state index is -0.343. The fourth-order valence-electron chi connectivity index (χ4n) is 2.37. The van der Waals surface area contributed by atoms with Gasteiger partial charge in [-0.2, -0.15) is 0 Å². The molecule has 0 saturated heterocycles. The zero-order chi connectivity index (χ0) is 14.5. The van der Waals surface area contributed by atoms with Gasteiger partial charge in [0.2, 0.25) is 5.91 Å². The first-order chi connectivity index (χ1) is 8.83. The number of hydrogen-bond acceptors (Lipinski definition) is 2. The molecule has 1 aromatic carbocycles. The molecule has 3 nitrogen and oxygen atoms in total. The van der Waals surface area contributed by atoms with Gasteiger partial charge in [-0.3, -0.25) is 4.79 Å². The summed E-state index contributed by atoms with van der Waals surface area (Å²) in [7, 11) is 0. The summed E-state index contributed by atoms with van der Waals surface area (Å²) in [6, 6.07) is 9.69. The third-order valence-electron chi connectivity index (χ3n) is 3.24. The van der Waals surface area contributed by atoms with Crippen molar-refractivity contribution in [3.63, 3.8) is 0 Å². The number of benzene rings is 1. The third-order valence-corrected chi connectivity index (χ3v) is 3.24. The van der Waals surface area contributed by atoms with E-state index in [-0.39, 0.29) is 17.4 Å². The third kappa shape index (κ3) is 5.03. The Labute approximate surface area is 116 Å². The Balaban J connectivity index is 2.50. The standard InChI is InChI=1S/C16H26N2O/c1-12(2)10-16(3,4)15(19)18-11-14(17)13-8-6-5-7-9-13/h5-9,12,14H,10-11,17H2,1-4H3,(H,18,19). The van der Waals surface area contributed by atoms with Gasteiger partial charge in [-0.15, -0.1) is 0 Å². The van der Waals surface area contributed by atoms with Crippen LogP contribution in [0.5, 0.6) is 0 Å². The Morgan fingerprint density at radius 1 is 1.26 bits per heavy atom.